The molecule has 0 saturated heterocycles. The Labute approximate surface area is 97.0 Å². The summed E-state index contributed by atoms with van der Waals surface area (Å²) in [5.41, 5.74) is 0.0354. The SMILES string of the molecule is CC(=O)c1cc(Cl)cc(S(N)(=O)=O)c1Cl. The summed E-state index contributed by atoms with van der Waals surface area (Å²) < 4.78 is 22.2. The quantitative estimate of drug-likeness (QED) is 0.831. The van der Waals surface area contributed by atoms with Crippen LogP contribution in [-0.4, -0.2) is 14.2 Å². The van der Waals surface area contributed by atoms with Crippen LogP contribution in [0.25, 0.3) is 0 Å². The van der Waals surface area contributed by atoms with Crippen LogP contribution >= 0.6 is 23.2 Å². The molecule has 15 heavy (non-hydrogen) atoms. The molecule has 0 fully saturated rings. The van der Waals surface area contributed by atoms with E-state index < -0.39 is 10.0 Å². The second kappa shape index (κ2) is 4.09. The number of carbonyl (C=O) groups is 1. The number of nitrogens with two attached hydrogens (primary N) is 1. The first-order valence-electron chi connectivity index (χ1n) is 3.76. The molecule has 0 aliphatic carbocycles. The van der Waals surface area contributed by atoms with Gasteiger partial charge in [0.15, 0.2) is 5.78 Å². The molecule has 0 aliphatic rings. The smallest absolute Gasteiger partial charge is 0.239 e. The molecule has 0 aliphatic heterocycles. The Morgan fingerprint density at radius 2 is 1.87 bits per heavy atom. The number of ketones is 1. The second-order valence-corrected chi connectivity index (χ2v) is 5.21. The molecule has 0 radical (unpaired) electrons. The lowest BCUT2D eigenvalue weighted by molar-refractivity contribution is 0.101. The van der Waals surface area contributed by atoms with E-state index in [-0.39, 0.29) is 26.3 Å². The van der Waals surface area contributed by atoms with Gasteiger partial charge in [-0.05, 0) is 19.1 Å². The van der Waals surface area contributed by atoms with E-state index in [1.807, 2.05) is 0 Å². The summed E-state index contributed by atoms with van der Waals surface area (Å²) in [7, 11) is -3.98. The van der Waals surface area contributed by atoms with Gasteiger partial charge in [0.05, 0.1) is 5.02 Å². The van der Waals surface area contributed by atoms with Gasteiger partial charge < -0.3 is 0 Å². The van der Waals surface area contributed by atoms with Crippen molar-refractivity contribution in [2.45, 2.75) is 11.8 Å². The summed E-state index contributed by atoms with van der Waals surface area (Å²) in [4.78, 5) is 10.8. The third-order valence-electron chi connectivity index (χ3n) is 1.69. The highest BCUT2D eigenvalue weighted by Crippen LogP contribution is 2.28. The molecule has 0 aromatic heterocycles. The minimum absolute atomic E-state index is 0.0354. The number of rotatable bonds is 2. The van der Waals surface area contributed by atoms with Crippen molar-refractivity contribution in [2.24, 2.45) is 5.14 Å². The fraction of sp³-hybridized carbons (Fsp3) is 0.125. The fourth-order valence-corrected chi connectivity index (χ4v) is 2.53. The fourth-order valence-electron chi connectivity index (χ4n) is 1.03. The largest absolute Gasteiger partial charge is 0.294 e. The number of benzene rings is 1. The molecular formula is C8H7Cl2NO3S. The van der Waals surface area contributed by atoms with E-state index in [0.717, 1.165) is 6.07 Å². The Balaban J connectivity index is 3.63. The van der Waals surface area contributed by atoms with Crippen LogP contribution < -0.4 is 5.14 Å². The van der Waals surface area contributed by atoms with Gasteiger partial charge in [-0.25, -0.2) is 13.6 Å². The molecule has 0 unspecified atom stereocenters. The third-order valence-corrected chi connectivity index (χ3v) is 3.36. The van der Waals surface area contributed by atoms with Gasteiger partial charge in [-0.3, -0.25) is 4.79 Å². The summed E-state index contributed by atoms with van der Waals surface area (Å²) >= 11 is 11.4. The maximum absolute atomic E-state index is 11.1. The number of sulfonamides is 1. The predicted molar refractivity (Wildman–Crippen MR) is 57.8 cm³/mol. The molecule has 82 valence electrons. The Morgan fingerprint density at radius 1 is 1.33 bits per heavy atom. The summed E-state index contributed by atoms with van der Waals surface area (Å²) in [5, 5.41) is 4.81. The number of carbonyl (C=O) groups excluding carboxylic acids is 1. The minimum Gasteiger partial charge on any atom is -0.294 e. The number of hydrogen-bond donors (Lipinski definition) is 1. The maximum atomic E-state index is 11.1. The molecule has 0 bridgehead atoms. The lowest BCUT2D eigenvalue weighted by Crippen LogP contribution is -2.14. The molecule has 0 amide bonds. The van der Waals surface area contributed by atoms with Crippen LogP contribution in [0.3, 0.4) is 0 Å². The average Bonchev–Trinajstić information content (AvgIpc) is 2.06. The van der Waals surface area contributed by atoms with Crippen molar-refractivity contribution in [3.8, 4) is 0 Å². The van der Waals surface area contributed by atoms with Crippen LogP contribution in [0.15, 0.2) is 17.0 Å². The molecule has 1 aromatic rings. The standard InChI is InChI=1S/C8H7Cl2NO3S/c1-4(12)6-2-5(9)3-7(8(6)10)15(11,13)14/h2-3H,1H3,(H2,11,13,14). The predicted octanol–water partition coefficient (Wildman–Crippen LogP) is 1.84. The molecule has 1 aromatic carbocycles. The summed E-state index contributed by atoms with van der Waals surface area (Å²) in [6, 6.07) is 2.40. The Morgan fingerprint density at radius 3 is 2.27 bits per heavy atom. The normalized spacial score (nSPS) is 11.5. The first-order valence-corrected chi connectivity index (χ1v) is 6.06. The van der Waals surface area contributed by atoms with Crippen LogP contribution in [0.4, 0.5) is 0 Å². The Hall–Kier alpha value is -0.620. The van der Waals surface area contributed by atoms with E-state index in [4.69, 9.17) is 28.3 Å². The molecule has 0 atom stereocenters. The van der Waals surface area contributed by atoms with Gasteiger partial charge in [0, 0.05) is 10.6 Å². The topological polar surface area (TPSA) is 77.2 Å². The van der Waals surface area contributed by atoms with E-state index in [9.17, 15) is 13.2 Å². The van der Waals surface area contributed by atoms with Gasteiger partial charge in [-0.1, -0.05) is 23.2 Å². The van der Waals surface area contributed by atoms with Crippen LogP contribution in [0.5, 0.6) is 0 Å². The van der Waals surface area contributed by atoms with Crippen molar-refractivity contribution < 1.29 is 13.2 Å². The Bertz CT molecular complexity index is 525. The molecule has 0 heterocycles. The summed E-state index contributed by atoms with van der Waals surface area (Å²) in [6.45, 7) is 1.25. The van der Waals surface area contributed by atoms with Gasteiger partial charge in [-0.2, -0.15) is 0 Å². The van der Waals surface area contributed by atoms with Crippen molar-refractivity contribution in [1.82, 2.24) is 0 Å². The number of primary sulfonamides is 1. The third kappa shape index (κ3) is 2.69. The van der Waals surface area contributed by atoms with Crippen LogP contribution in [-0.2, 0) is 10.0 Å². The first kappa shape index (κ1) is 12.4. The summed E-state index contributed by atoms with van der Waals surface area (Å²) in [6.07, 6.45) is 0. The van der Waals surface area contributed by atoms with E-state index in [2.05, 4.69) is 0 Å². The van der Waals surface area contributed by atoms with Gasteiger partial charge in [0.2, 0.25) is 10.0 Å². The number of hydrogen-bond acceptors (Lipinski definition) is 3. The molecular weight excluding hydrogens is 261 g/mol. The van der Waals surface area contributed by atoms with E-state index >= 15 is 0 Å². The van der Waals surface area contributed by atoms with Crippen LogP contribution in [0.1, 0.15) is 17.3 Å². The molecule has 2 N–H and O–H groups in total. The highest BCUT2D eigenvalue weighted by Gasteiger charge is 2.19. The van der Waals surface area contributed by atoms with Gasteiger partial charge in [0.25, 0.3) is 0 Å². The molecule has 4 nitrogen and oxygen atoms in total. The van der Waals surface area contributed by atoms with Gasteiger partial charge in [0.1, 0.15) is 4.90 Å². The zero-order valence-electron chi connectivity index (χ0n) is 7.62. The molecule has 7 heteroatoms. The lowest BCUT2D eigenvalue weighted by atomic mass is 10.1. The van der Waals surface area contributed by atoms with Crippen molar-refractivity contribution in [3.63, 3.8) is 0 Å². The van der Waals surface area contributed by atoms with E-state index in [1.54, 1.807) is 0 Å². The van der Waals surface area contributed by atoms with Crippen molar-refractivity contribution in [1.29, 1.82) is 0 Å². The highest BCUT2D eigenvalue weighted by atomic mass is 35.5. The van der Waals surface area contributed by atoms with Crippen molar-refractivity contribution >= 4 is 39.0 Å². The zero-order chi connectivity index (χ0) is 11.8. The monoisotopic (exact) mass is 267 g/mol. The minimum atomic E-state index is -3.98. The van der Waals surface area contributed by atoms with E-state index in [1.165, 1.54) is 13.0 Å². The lowest BCUT2D eigenvalue weighted by Gasteiger charge is -2.06. The van der Waals surface area contributed by atoms with Crippen LogP contribution in [0.2, 0.25) is 10.0 Å². The molecule has 0 spiro atoms. The average molecular weight is 268 g/mol. The Kier molecular flexibility index (Phi) is 3.40. The van der Waals surface area contributed by atoms with Crippen LogP contribution in [0, 0.1) is 0 Å². The van der Waals surface area contributed by atoms with Crippen molar-refractivity contribution in [3.05, 3.63) is 27.7 Å². The molecule has 0 saturated carbocycles. The molecule has 1 rings (SSSR count). The highest BCUT2D eigenvalue weighted by molar-refractivity contribution is 7.89. The summed E-state index contributed by atoms with van der Waals surface area (Å²) in [5.74, 6) is -0.382. The zero-order valence-corrected chi connectivity index (χ0v) is 9.95. The van der Waals surface area contributed by atoms with E-state index in [0.29, 0.717) is 0 Å². The number of Topliss-reactive ketones (excluding diaryl/α,β-unsaturated/α-hetero) is 1. The maximum Gasteiger partial charge on any atom is 0.239 e. The van der Waals surface area contributed by atoms with Crippen molar-refractivity contribution in [2.75, 3.05) is 0 Å². The first-order chi connectivity index (χ1) is 6.73. The second-order valence-electron chi connectivity index (χ2n) is 2.87. The number of halogens is 2. The van der Waals surface area contributed by atoms with Gasteiger partial charge >= 0.3 is 0 Å². The van der Waals surface area contributed by atoms with Gasteiger partial charge in [-0.15, -0.1) is 0 Å².